The van der Waals surface area contributed by atoms with E-state index < -0.39 is 0 Å². The van der Waals surface area contributed by atoms with Gasteiger partial charge >= 0.3 is 0 Å². The van der Waals surface area contributed by atoms with Gasteiger partial charge in [0.25, 0.3) is 0 Å². The van der Waals surface area contributed by atoms with Crippen LogP contribution in [0.4, 0.5) is 0 Å². The smallest absolute Gasteiger partial charge is 0.235 e. The fourth-order valence-corrected chi connectivity index (χ4v) is 4.79. The molecule has 1 aliphatic heterocycles. The Morgan fingerprint density at radius 2 is 2.00 bits per heavy atom. The van der Waals surface area contributed by atoms with Gasteiger partial charge < -0.3 is 4.90 Å². The van der Waals surface area contributed by atoms with Gasteiger partial charge in [0.1, 0.15) is 0 Å². The van der Waals surface area contributed by atoms with Crippen LogP contribution in [0.5, 0.6) is 0 Å². The van der Waals surface area contributed by atoms with Crippen LogP contribution in [0.3, 0.4) is 0 Å². The van der Waals surface area contributed by atoms with Crippen LogP contribution in [0.2, 0.25) is 0 Å². The summed E-state index contributed by atoms with van der Waals surface area (Å²) >= 11 is 1.87. The van der Waals surface area contributed by atoms with E-state index in [1.54, 1.807) is 0 Å². The van der Waals surface area contributed by atoms with Gasteiger partial charge in [-0.1, -0.05) is 24.3 Å². The molecule has 1 saturated heterocycles. The number of hydrogen-bond donors (Lipinski definition) is 0. The van der Waals surface area contributed by atoms with Crippen LogP contribution >= 0.6 is 11.8 Å². The van der Waals surface area contributed by atoms with Crippen LogP contribution < -0.4 is 0 Å². The minimum atomic E-state index is 0.0873. The third-order valence-corrected chi connectivity index (χ3v) is 5.88. The highest BCUT2D eigenvalue weighted by atomic mass is 32.2. The van der Waals surface area contributed by atoms with Gasteiger partial charge in [0.05, 0.1) is 5.25 Å². The van der Waals surface area contributed by atoms with E-state index >= 15 is 0 Å². The van der Waals surface area contributed by atoms with Gasteiger partial charge in [-0.2, -0.15) is 0 Å². The molecule has 1 amide bonds. The molecule has 3 heteroatoms. The average Bonchev–Trinajstić information content (AvgIpc) is 3.01. The quantitative estimate of drug-likeness (QED) is 0.843. The highest BCUT2D eigenvalue weighted by Gasteiger charge is 2.28. The first kappa shape index (κ1) is 14.0. The van der Waals surface area contributed by atoms with Crippen molar-refractivity contribution >= 4 is 17.7 Å². The van der Waals surface area contributed by atoms with E-state index in [0.717, 1.165) is 13.1 Å². The molecule has 0 saturated carbocycles. The Morgan fingerprint density at radius 1 is 1.25 bits per heavy atom. The molecule has 0 N–H and O–H groups in total. The number of rotatable bonds is 3. The third-order valence-electron chi connectivity index (χ3n) is 4.45. The molecule has 0 unspecified atom stereocenters. The van der Waals surface area contributed by atoms with Crippen molar-refractivity contribution in [1.82, 2.24) is 4.90 Å². The topological polar surface area (TPSA) is 20.3 Å². The molecule has 20 heavy (non-hydrogen) atoms. The summed E-state index contributed by atoms with van der Waals surface area (Å²) in [6.07, 6.45) is 6.01. The summed E-state index contributed by atoms with van der Waals surface area (Å²) in [6, 6.07) is 8.75. The molecular formula is C17H23NOS. The molecule has 0 radical (unpaired) electrons. The number of carbonyl (C=O) groups excluding carboxylic acids is 1. The molecular weight excluding hydrogens is 266 g/mol. The van der Waals surface area contributed by atoms with Gasteiger partial charge in [0, 0.05) is 18.3 Å². The Labute approximate surface area is 125 Å². The Morgan fingerprint density at radius 3 is 2.80 bits per heavy atom. The summed E-state index contributed by atoms with van der Waals surface area (Å²) < 4.78 is 0. The molecule has 0 spiro atoms. The Hall–Kier alpha value is -0.960. The van der Waals surface area contributed by atoms with Crippen molar-refractivity contribution in [3.63, 3.8) is 0 Å². The number of fused-ring (bicyclic) bond motifs is 1. The average molecular weight is 289 g/mol. The van der Waals surface area contributed by atoms with Crippen LogP contribution in [0, 0.1) is 0 Å². The van der Waals surface area contributed by atoms with Crippen molar-refractivity contribution in [2.75, 3.05) is 13.1 Å². The number of aryl methyl sites for hydroxylation is 1. The zero-order chi connectivity index (χ0) is 13.9. The van der Waals surface area contributed by atoms with Crippen LogP contribution in [0.1, 0.15) is 49.0 Å². The SMILES string of the molecule is C[C@@H](S[C@H]1CCCc2ccccc21)C(=O)N1CCCC1. The first-order chi connectivity index (χ1) is 9.75. The van der Waals surface area contributed by atoms with Gasteiger partial charge in [-0.3, -0.25) is 4.79 Å². The lowest BCUT2D eigenvalue weighted by atomic mass is 9.91. The van der Waals surface area contributed by atoms with Gasteiger partial charge in [0.2, 0.25) is 5.91 Å². The maximum atomic E-state index is 12.4. The number of benzene rings is 1. The van der Waals surface area contributed by atoms with E-state index in [0.29, 0.717) is 11.2 Å². The fourth-order valence-electron chi connectivity index (χ4n) is 3.35. The van der Waals surface area contributed by atoms with Crippen molar-refractivity contribution in [2.24, 2.45) is 0 Å². The molecule has 3 rings (SSSR count). The summed E-state index contributed by atoms with van der Waals surface area (Å²) in [4.78, 5) is 14.5. The summed E-state index contributed by atoms with van der Waals surface area (Å²) in [6.45, 7) is 4.01. The van der Waals surface area contributed by atoms with Crippen LogP contribution in [-0.4, -0.2) is 29.1 Å². The normalized spacial score (nSPS) is 23.4. The first-order valence-corrected chi connectivity index (χ1v) is 8.72. The second kappa shape index (κ2) is 6.21. The molecule has 1 aliphatic carbocycles. The summed E-state index contributed by atoms with van der Waals surface area (Å²) in [5.74, 6) is 0.343. The minimum absolute atomic E-state index is 0.0873. The predicted molar refractivity (Wildman–Crippen MR) is 85.0 cm³/mol. The first-order valence-electron chi connectivity index (χ1n) is 7.78. The number of carbonyl (C=O) groups is 1. The summed E-state index contributed by atoms with van der Waals surface area (Å²) in [5, 5.41) is 0.589. The molecule has 2 atom stereocenters. The zero-order valence-electron chi connectivity index (χ0n) is 12.2. The van der Waals surface area contributed by atoms with Gasteiger partial charge in [0.15, 0.2) is 0 Å². The lowest BCUT2D eigenvalue weighted by molar-refractivity contribution is -0.129. The lowest BCUT2D eigenvalue weighted by Crippen LogP contribution is -2.34. The summed E-state index contributed by atoms with van der Waals surface area (Å²) in [7, 11) is 0. The molecule has 1 heterocycles. The molecule has 1 aromatic rings. The van der Waals surface area contributed by atoms with E-state index in [2.05, 4.69) is 31.2 Å². The van der Waals surface area contributed by atoms with Crippen LogP contribution in [0.15, 0.2) is 24.3 Å². The Kier molecular flexibility index (Phi) is 4.35. The lowest BCUT2D eigenvalue weighted by Gasteiger charge is -2.28. The van der Waals surface area contributed by atoms with Gasteiger partial charge in [-0.25, -0.2) is 0 Å². The van der Waals surface area contributed by atoms with Crippen LogP contribution in [0.25, 0.3) is 0 Å². The minimum Gasteiger partial charge on any atom is -0.342 e. The Balaban J connectivity index is 1.67. The predicted octanol–water partition coefficient (Wildman–Crippen LogP) is 3.81. The molecule has 2 nitrogen and oxygen atoms in total. The van der Waals surface area contributed by atoms with Crippen molar-refractivity contribution in [1.29, 1.82) is 0 Å². The third kappa shape index (κ3) is 2.88. The van der Waals surface area contributed by atoms with Crippen molar-refractivity contribution in [3.05, 3.63) is 35.4 Å². The van der Waals surface area contributed by atoms with E-state index in [1.165, 1.54) is 43.2 Å². The number of amides is 1. The number of nitrogens with zero attached hydrogens (tertiary/aromatic N) is 1. The maximum Gasteiger partial charge on any atom is 0.235 e. The Bertz CT molecular complexity index is 482. The number of likely N-dealkylation sites (tertiary alicyclic amines) is 1. The molecule has 1 fully saturated rings. The number of hydrogen-bond acceptors (Lipinski definition) is 2. The van der Waals surface area contributed by atoms with Crippen LogP contribution in [-0.2, 0) is 11.2 Å². The van der Waals surface area contributed by atoms with Crippen molar-refractivity contribution in [2.45, 2.75) is 49.5 Å². The van der Waals surface area contributed by atoms with Gasteiger partial charge in [-0.05, 0) is 50.2 Å². The van der Waals surface area contributed by atoms with E-state index in [9.17, 15) is 4.79 Å². The monoisotopic (exact) mass is 289 g/mol. The van der Waals surface area contributed by atoms with Crippen molar-refractivity contribution < 1.29 is 4.79 Å². The maximum absolute atomic E-state index is 12.4. The highest BCUT2D eigenvalue weighted by Crippen LogP contribution is 2.42. The second-order valence-electron chi connectivity index (χ2n) is 5.89. The molecule has 0 bridgehead atoms. The molecule has 0 aromatic heterocycles. The van der Waals surface area contributed by atoms with Crippen molar-refractivity contribution in [3.8, 4) is 0 Å². The molecule has 2 aliphatic rings. The largest absolute Gasteiger partial charge is 0.342 e. The number of thioether (sulfide) groups is 1. The summed E-state index contributed by atoms with van der Waals surface area (Å²) in [5.41, 5.74) is 2.95. The standard InChI is InChI=1S/C17H23NOS/c1-13(17(19)18-11-4-5-12-18)20-16-10-6-8-14-7-2-3-9-15(14)16/h2-3,7,9,13,16H,4-6,8,10-12H2,1H3/t13-,16+/m1/s1. The van der Waals surface area contributed by atoms with Gasteiger partial charge in [-0.15, -0.1) is 11.8 Å². The second-order valence-corrected chi connectivity index (χ2v) is 7.44. The molecule has 108 valence electrons. The molecule has 1 aromatic carbocycles. The van der Waals surface area contributed by atoms with E-state index in [-0.39, 0.29) is 5.25 Å². The fraction of sp³-hybridized carbons (Fsp3) is 0.588. The highest BCUT2D eigenvalue weighted by molar-refractivity contribution is 8.00. The van der Waals surface area contributed by atoms with E-state index in [4.69, 9.17) is 0 Å². The van der Waals surface area contributed by atoms with E-state index in [1.807, 2.05) is 16.7 Å². The zero-order valence-corrected chi connectivity index (χ0v) is 13.0.